The summed E-state index contributed by atoms with van der Waals surface area (Å²) < 4.78 is 2.13. The van der Waals surface area contributed by atoms with Gasteiger partial charge in [0, 0.05) is 28.2 Å². The van der Waals surface area contributed by atoms with Crippen molar-refractivity contribution in [3.05, 3.63) is 52.8 Å². The van der Waals surface area contributed by atoms with Crippen molar-refractivity contribution in [3.8, 4) is 5.69 Å². The molecule has 0 amide bonds. The lowest BCUT2D eigenvalue weighted by molar-refractivity contribution is 0.156. The third-order valence-electron chi connectivity index (χ3n) is 3.36. The summed E-state index contributed by atoms with van der Waals surface area (Å²) in [6.45, 7) is 0. The Labute approximate surface area is 105 Å². The highest BCUT2D eigenvalue weighted by atomic mass is 35.5. The molecule has 1 heterocycles. The van der Waals surface area contributed by atoms with Crippen LogP contribution in [0, 0.1) is 0 Å². The zero-order chi connectivity index (χ0) is 11.8. The average molecular weight is 248 g/mol. The molecule has 0 saturated heterocycles. The molecule has 1 atom stereocenters. The second-order valence-electron chi connectivity index (χ2n) is 4.48. The van der Waals surface area contributed by atoms with Crippen LogP contribution in [0.5, 0.6) is 0 Å². The monoisotopic (exact) mass is 247 g/mol. The van der Waals surface area contributed by atoms with Crippen LogP contribution in [0.4, 0.5) is 0 Å². The topological polar surface area (TPSA) is 25.2 Å². The highest BCUT2D eigenvalue weighted by molar-refractivity contribution is 6.30. The summed E-state index contributed by atoms with van der Waals surface area (Å²) in [4.78, 5) is 0. The largest absolute Gasteiger partial charge is 0.388 e. The number of nitrogens with zero attached hydrogens (tertiary/aromatic N) is 1. The summed E-state index contributed by atoms with van der Waals surface area (Å²) in [6, 6.07) is 9.81. The third-order valence-corrected chi connectivity index (χ3v) is 3.60. The van der Waals surface area contributed by atoms with Crippen molar-refractivity contribution in [3.63, 3.8) is 0 Å². The van der Waals surface area contributed by atoms with Gasteiger partial charge in [0.15, 0.2) is 0 Å². The number of aliphatic hydroxyl groups is 1. The Morgan fingerprint density at radius 1 is 1.29 bits per heavy atom. The van der Waals surface area contributed by atoms with Crippen molar-refractivity contribution >= 4 is 11.6 Å². The average Bonchev–Trinajstić information content (AvgIpc) is 2.74. The normalized spacial score (nSPS) is 19.1. The first-order valence-electron chi connectivity index (χ1n) is 5.90. The van der Waals surface area contributed by atoms with Crippen LogP contribution in [0.2, 0.25) is 5.02 Å². The van der Waals surface area contributed by atoms with Gasteiger partial charge in [0.1, 0.15) is 0 Å². The van der Waals surface area contributed by atoms with Gasteiger partial charge in [-0.2, -0.15) is 0 Å². The lowest BCUT2D eigenvalue weighted by atomic mass is 9.95. The van der Waals surface area contributed by atoms with Crippen LogP contribution >= 0.6 is 11.6 Å². The molecule has 2 aromatic rings. The van der Waals surface area contributed by atoms with E-state index in [1.807, 2.05) is 36.5 Å². The van der Waals surface area contributed by atoms with Crippen molar-refractivity contribution in [2.24, 2.45) is 0 Å². The lowest BCUT2D eigenvalue weighted by Crippen LogP contribution is -2.10. The van der Waals surface area contributed by atoms with E-state index < -0.39 is 0 Å². The molecule has 3 heteroatoms. The van der Waals surface area contributed by atoms with E-state index in [-0.39, 0.29) is 6.10 Å². The molecule has 0 bridgehead atoms. The molecule has 0 radical (unpaired) electrons. The summed E-state index contributed by atoms with van der Waals surface area (Å²) >= 11 is 6.01. The van der Waals surface area contributed by atoms with E-state index in [1.54, 1.807) is 0 Å². The highest BCUT2D eigenvalue weighted by Crippen LogP contribution is 2.32. The van der Waals surface area contributed by atoms with Crippen molar-refractivity contribution in [2.45, 2.75) is 25.4 Å². The number of aliphatic hydroxyl groups excluding tert-OH is 1. The minimum absolute atomic E-state index is 0.306. The Hall–Kier alpha value is -1.25. The van der Waals surface area contributed by atoms with E-state index in [0.29, 0.717) is 0 Å². The van der Waals surface area contributed by atoms with Gasteiger partial charge in [0.05, 0.1) is 6.10 Å². The molecule has 0 fully saturated rings. The quantitative estimate of drug-likeness (QED) is 0.820. The minimum Gasteiger partial charge on any atom is -0.388 e. The van der Waals surface area contributed by atoms with Gasteiger partial charge in [-0.3, -0.25) is 0 Å². The molecule has 1 unspecified atom stereocenters. The second-order valence-corrected chi connectivity index (χ2v) is 4.91. The van der Waals surface area contributed by atoms with Crippen LogP contribution in [0.1, 0.15) is 30.2 Å². The Balaban J connectivity index is 2.10. The van der Waals surface area contributed by atoms with E-state index in [4.69, 9.17) is 11.6 Å². The van der Waals surface area contributed by atoms with E-state index in [2.05, 4.69) is 4.57 Å². The zero-order valence-electron chi connectivity index (χ0n) is 9.44. The molecule has 3 rings (SSSR count). The number of fused-ring (bicyclic) bond motifs is 1. The van der Waals surface area contributed by atoms with E-state index in [0.717, 1.165) is 35.5 Å². The maximum absolute atomic E-state index is 9.94. The van der Waals surface area contributed by atoms with Gasteiger partial charge in [0.2, 0.25) is 0 Å². The van der Waals surface area contributed by atoms with Crippen molar-refractivity contribution in [2.75, 3.05) is 0 Å². The molecule has 1 N–H and O–H groups in total. The van der Waals surface area contributed by atoms with Gasteiger partial charge in [0.25, 0.3) is 0 Å². The highest BCUT2D eigenvalue weighted by Gasteiger charge is 2.21. The number of hydrogen-bond acceptors (Lipinski definition) is 1. The Bertz CT molecular complexity index is 547. The molecule has 2 nitrogen and oxygen atoms in total. The number of hydrogen-bond donors (Lipinski definition) is 1. The van der Waals surface area contributed by atoms with Gasteiger partial charge in [-0.05, 0) is 43.5 Å². The molecule has 1 aliphatic rings. The molecule has 1 aliphatic carbocycles. The predicted octanol–water partition coefficient (Wildman–Crippen LogP) is 3.50. The molecular weight excluding hydrogens is 234 g/mol. The van der Waals surface area contributed by atoms with Crippen LogP contribution in [0.3, 0.4) is 0 Å². The first-order chi connectivity index (χ1) is 8.25. The van der Waals surface area contributed by atoms with Gasteiger partial charge < -0.3 is 9.67 Å². The first kappa shape index (κ1) is 10.9. The summed E-state index contributed by atoms with van der Waals surface area (Å²) in [6.07, 6.45) is 4.64. The maximum Gasteiger partial charge on any atom is 0.0807 e. The van der Waals surface area contributed by atoms with Gasteiger partial charge in [-0.1, -0.05) is 17.7 Å². The first-order valence-corrected chi connectivity index (χ1v) is 6.27. The predicted molar refractivity (Wildman–Crippen MR) is 68.7 cm³/mol. The standard InChI is InChI=1S/C14H14ClNO/c15-10-3-1-4-11(9-10)16-8-7-12-13(16)5-2-6-14(12)17/h1,3-4,7-9,14,17H,2,5-6H2. The summed E-state index contributed by atoms with van der Waals surface area (Å²) in [5.41, 5.74) is 3.34. The molecule has 0 aliphatic heterocycles. The second kappa shape index (κ2) is 4.21. The number of rotatable bonds is 1. The lowest BCUT2D eigenvalue weighted by Gasteiger charge is -2.20. The van der Waals surface area contributed by atoms with Crippen LogP contribution in [-0.2, 0) is 6.42 Å². The Morgan fingerprint density at radius 3 is 3.00 bits per heavy atom. The fourth-order valence-electron chi connectivity index (χ4n) is 2.53. The summed E-state index contributed by atoms with van der Waals surface area (Å²) in [5.74, 6) is 0. The number of aromatic nitrogens is 1. The molecule has 0 spiro atoms. The van der Waals surface area contributed by atoms with E-state index >= 15 is 0 Å². The van der Waals surface area contributed by atoms with Crippen molar-refractivity contribution in [1.29, 1.82) is 0 Å². The van der Waals surface area contributed by atoms with Gasteiger partial charge >= 0.3 is 0 Å². The minimum atomic E-state index is -0.306. The zero-order valence-corrected chi connectivity index (χ0v) is 10.2. The smallest absolute Gasteiger partial charge is 0.0807 e. The van der Waals surface area contributed by atoms with Crippen molar-refractivity contribution < 1.29 is 5.11 Å². The summed E-state index contributed by atoms with van der Waals surface area (Å²) in [7, 11) is 0. The van der Waals surface area contributed by atoms with Crippen molar-refractivity contribution in [1.82, 2.24) is 4.57 Å². The van der Waals surface area contributed by atoms with Crippen LogP contribution in [-0.4, -0.2) is 9.67 Å². The van der Waals surface area contributed by atoms with Gasteiger partial charge in [-0.25, -0.2) is 0 Å². The number of benzene rings is 1. The Morgan fingerprint density at radius 2 is 2.18 bits per heavy atom. The maximum atomic E-state index is 9.94. The van der Waals surface area contributed by atoms with Gasteiger partial charge in [-0.15, -0.1) is 0 Å². The molecular formula is C14H14ClNO. The third kappa shape index (κ3) is 1.88. The van der Waals surface area contributed by atoms with Crippen LogP contribution in [0.15, 0.2) is 36.5 Å². The van der Waals surface area contributed by atoms with Crippen LogP contribution in [0.25, 0.3) is 5.69 Å². The molecule has 17 heavy (non-hydrogen) atoms. The summed E-state index contributed by atoms with van der Waals surface area (Å²) in [5, 5.41) is 10.7. The molecule has 0 saturated carbocycles. The molecule has 1 aromatic carbocycles. The number of halogens is 1. The molecule has 88 valence electrons. The fourth-order valence-corrected chi connectivity index (χ4v) is 2.72. The SMILES string of the molecule is OC1CCCc2c1ccn2-c1cccc(Cl)c1. The fraction of sp³-hybridized carbons (Fsp3) is 0.286. The Kier molecular flexibility index (Phi) is 2.69. The van der Waals surface area contributed by atoms with Crippen LogP contribution < -0.4 is 0 Å². The van der Waals surface area contributed by atoms with E-state index in [1.165, 1.54) is 5.69 Å². The van der Waals surface area contributed by atoms with E-state index in [9.17, 15) is 5.11 Å². The molecule has 1 aromatic heterocycles.